The lowest BCUT2D eigenvalue weighted by Gasteiger charge is -2.13. The summed E-state index contributed by atoms with van der Waals surface area (Å²) in [5.74, 6) is 0.205. The first-order valence-electron chi connectivity index (χ1n) is 4.24. The van der Waals surface area contributed by atoms with Crippen molar-refractivity contribution in [2.45, 2.75) is 6.54 Å². The Balaban J connectivity index is 2.45. The average Bonchev–Trinajstić information content (AvgIpc) is 2.50. The van der Waals surface area contributed by atoms with Crippen molar-refractivity contribution < 1.29 is 5.21 Å². The van der Waals surface area contributed by atoms with Gasteiger partial charge in [-0.1, -0.05) is 5.16 Å². The lowest BCUT2D eigenvalue weighted by Crippen LogP contribution is -2.30. The van der Waals surface area contributed by atoms with Crippen LogP contribution in [0.15, 0.2) is 17.5 Å². The summed E-state index contributed by atoms with van der Waals surface area (Å²) in [6.07, 6.45) is 3.73. The zero-order valence-electron chi connectivity index (χ0n) is 8.38. The van der Waals surface area contributed by atoms with Crippen molar-refractivity contribution in [1.82, 2.24) is 14.7 Å². The Morgan fingerprint density at radius 1 is 1.79 bits per heavy atom. The normalized spacial score (nSPS) is 12.4. The summed E-state index contributed by atoms with van der Waals surface area (Å²) in [7, 11) is 3.76. The number of aryl methyl sites for hydroxylation is 1. The Labute approximate surface area is 82.6 Å². The smallest absolute Gasteiger partial charge is 0.153 e. The molecule has 1 heterocycles. The highest BCUT2D eigenvalue weighted by Crippen LogP contribution is 2.00. The van der Waals surface area contributed by atoms with Gasteiger partial charge in [0.15, 0.2) is 5.84 Å². The molecule has 6 heteroatoms. The highest BCUT2D eigenvalue weighted by atomic mass is 16.4. The van der Waals surface area contributed by atoms with Crippen molar-refractivity contribution >= 4 is 5.84 Å². The van der Waals surface area contributed by atoms with Crippen LogP contribution in [0.3, 0.4) is 0 Å². The summed E-state index contributed by atoms with van der Waals surface area (Å²) in [6, 6.07) is 0. The van der Waals surface area contributed by atoms with Crippen LogP contribution in [0.25, 0.3) is 0 Å². The number of nitrogens with two attached hydrogens (primary N) is 1. The van der Waals surface area contributed by atoms with E-state index in [0.29, 0.717) is 6.54 Å². The number of nitrogens with zero attached hydrogens (tertiary/aromatic N) is 4. The third kappa shape index (κ3) is 3.06. The number of hydrogen-bond donors (Lipinski definition) is 2. The zero-order chi connectivity index (χ0) is 10.6. The maximum Gasteiger partial charge on any atom is 0.153 e. The van der Waals surface area contributed by atoms with Crippen molar-refractivity contribution in [3.05, 3.63) is 18.0 Å². The molecule has 1 aromatic heterocycles. The van der Waals surface area contributed by atoms with Gasteiger partial charge in [0.25, 0.3) is 0 Å². The molecule has 0 fully saturated rings. The van der Waals surface area contributed by atoms with Crippen LogP contribution in [0.1, 0.15) is 5.56 Å². The average molecular weight is 197 g/mol. The molecule has 0 saturated heterocycles. The summed E-state index contributed by atoms with van der Waals surface area (Å²) in [4.78, 5) is 1.94. The number of amidine groups is 1. The standard InChI is InChI=1S/C8H15N5O/c1-12(6-8(9)11-14)4-7-3-10-13(2)5-7/h3,5,14H,4,6H2,1-2H3,(H2,9,11). The van der Waals surface area contributed by atoms with Gasteiger partial charge in [-0.2, -0.15) is 5.10 Å². The molecule has 0 bridgehead atoms. The second-order valence-corrected chi connectivity index (χ2v) is 3.29. The second kappa shape index (κ2) is 4.61. The molecular weight excluding hydrogens is 182 g/mol. The van der Waals surface area contributed by atoms with E-state index in [2.05, 4.69) is 10.3 Å². The topological polar surface area (TPSA) is 79.7 Å². The van der Waals surface area contributed by atoms with Crippen LogP contribution < -0.4 is 5.73 Å². The van der Waals surface area contributed by atoms with Crippen LogP contribution in [-0.2, 0) is 13.6 Å². The fourth-order valence-electron chi connectivity index (χ4n) is 1.23. The van der Waals surface area contributed by atoms with Gasteiger partial charge in [0.2, 0.25) is 0 Å². The maximum atomic E-state index is 8.37. The molecule has 3 N–H and O–H groups in total. The predicted octanol–water partition coefficient (Wildman–Crippen LogP) is -0.402. The molecule has 1 rings (SSSR count). The van der Waals surface area contributed by atoms with E-state index in [0.717, 1.165) is 12.1 Å². The molecule has 0 atom stereocenters. The third-order valence-corrected chi connectivity index (χ3v) is 1.77. The molecule has 0 aliphatic heterocycles. The Bertz CT molecular complexity index is 319. The molecule has 1 aromatic rings. The highest BCUT2D eigenvalue weighted by molar-refractivity contribution is 5.81. The minimum Gasteiger partial charge on any atom is -0.409 e. The molecular formula is C8H15N5O. The second-order valence-electron chi connectivity index (χ2n) is 3.29. The number of hydrogen-bond acceptors (Lipinski definition) is 4. The quantitative estimate of drug-likeness (QED) is 0.298. The minimum absolute atomic E-state index is 0.205. The Kier molecular flexibility index (Phi) is 3.47. The monoisotopic (exact) mass is 197 g/mol. The van der Waals surface area contributed by atoms with E-state index in [1.807, 2.05) is 25.2 Å². The van der Waals surface area contributed by atoms with E-state index in [9.17, 15) is 0 Å². The van der Waals surface area contributed by atoms with Crippen LogP contribution in [0, 0.1) is 0 Å². The molecule has 0 aliphatic rings. The number of aromatic nitrogens is 2. The lowest BCUT2D eigenvalue weighted by atomic mass is 10.3. The van der Waals surface area contributed by atoms with Crippen LogP contribution in [-0.4, -0.2) is 39.3 Å². The van der Waals surface area contributed by atoms with Gasteiger partial charge in [0, 0.05) is 25.4 Å². The Hall–Kier alpha value is -1.56. The summed E-state index contributed by atoms with van der Waals surface area (Å²) in [5.41, 5.74) is 6.47. The van der Waals surface area contributed by atoms with Gasteiger partial charge >= 0.3 is 0 Å². The molecule has 0 spiro atoms. The molecule has 0 aliphatic carbocycles. The third-order valence-electron chi connectivity index (χ3n) is 1.77. The van der Waals surface area contributed by atoms with E-state index in [-0.39, 0.29) is 5.84 Å². The van der Waals surface area contributed by atoms with Gasteiger partial charge in [-0.05, 0) is 7.05 Å². The first kappa shape index (κ1) is 10.5. The van der Waals surface area contributed by atoms with Gasteiger partial charge in [0.1, 0.15) is 0 Å². The van der Waals surface area contributed by atoms with E-state index in [1.54, 1.807) is 10.9 Å². The maximum absolute atomic E-state index is 8.37. The number of oxime groups is 1. The van der Waals surface area contributed by atoms with Gasteiger partial charge in [-0.25, -0.2) is 0 Å². The van der Waals surface area contributed by atoms with Crippen molar-refractivity contribution in [3.8, 4) is 0 Å². The fourth-order valence-corrected chi connectivity index (χ4v) is 1.23. The highest BCUT2D eigenvalue weighted by Gasteiger charge is 2.03. The first-order valence-corrected chi connectivity index (χ1v) is 4.24. The Morgan fingerprint density at radius 2 is 2.50 bits per heavy atom. The summed E-state index contributed by atoms with van der Waals surface area (Å²) in [6.45, 7) is 1.16. The SMILES string of the molecule is CN(CC(N)=NO)Cc1cnn(C)c1. The van der Waals surface area contributed by atoms with Crippen LogP contribution in [0.4, 0.5) is 0 Å². The number of likely N-dealkylation sites (N-methyl/N-ethyl adjacent to an activating group) is 1. The molecule has 0 unspecified atom stereocenters. The van der Waals surface area contributed by atoms with Crippen molar-refractivity contribution in [1.29, 1.82) is 0 Å². The molecule has 78 valence electrons. The molecule has 14 heavy (non-hydrogen) atoms. The minimum atomic E-state index is 0.205. The number of rotatable bonds is 4. The summed E-state index contributed by atoms with van der Waals surface area (Å²) < 4.78 is 1.74. The molecule has 0 aromatic carbocycles. The predicted molar refractivity (Wildman–Crippen MR) is 53.0 cm³/mol. The largest absolute Gasteiger partial charge is 0.409 e. The zero-order valence-corrected chi connectivity index (χ0v) is 8.38. The van der Waals surface area contributed by atoms with E-state index in [4.69, 9.17) is 10.9 Å². The van der Waals surface area contributed by atoms with E-state index in [1.165, 1.54) is 0 Å². The van der Waals surface area contributed by atoms with Gasteiger partial charge in [-0.3, -0.25) is 9.58 Å². The van der Waals surface area contributed by atoms with Gasteiger partial charge in [0.05, 0.1) is 12.7 Å². The van der Waals surface area contributed by atoms with Crippen LogP contribution in [0.5, 0.6) is 0 Å². The van der Waals surface area contributed by atoms with Crippen molar-refractivity contribution in [2.75, 3.05) is 13.6 Å². The van der Waals surface area contributed by atoms with Crippen molar-refractivity contribution in [2.24, 2.45) is 17.9 Å². The Morgan fingerprint density at radius 3 is 3.00 bits per heavy atom. The molecule has 0 radical (unpaired) electrons. The summed E-state index contributed by atoms with van der Waals surface area (Å²) >= 11 is 0. The van der Waals surface area contributed by atoms with E-state index < -0.39 is 0 Å². The van der Waals surface area contributed by atoms with Crippen LogP contribution in [0.2, 0.25) is 0 Å². The molecule has 6 nitrogen and oxygen atoms in total. The lowest BCUT2D eigenvalue weighted by molar-refractivity contribution is 0.308. The van der Waals surface area contributed by atoms with Gasteiger partial charge < -0.3 is 10.9 Å². The van der Waals surface area contributed by atoms with Crippen molar-refractivity contribution in [3.63, 3.8) is 0 Å². The fraction of sp³-hybridized carbons (Fsp3) is 0.500. The van der Waals surface area contributed by atoms with Gasteiger partial charge in [-0.15, -0.1) is 0 Å². The summed E-state index contributed by atoms with van der Waals surface area (Å²) in [5, 5.41) is 15.3. The molecule has 0 amide bonds. The first-order chi connectivity index (χ1) is 6.61. The van der Waals surface area contributed by atoms with Crippen LogP contribution >= 0.6 is 0 Å². The molecule has 0 saturated carbocycles. The van der Waals surface area contributed by atoms with E-state index >= 15 is 0 Å².